The van der Waals surface area contributed by atoms with E-state index in [1.165, 1.54) is 56.9 Å². The minimum absolute atomic E-state index is 0.182. The third-order valence-corrected chi connectivity index (χ3v) is 11.2. The number of carbonyl (C=O) groups is 2. The van der Waals surface area contributed by atoms with Crippen molar-refractivity contribution in [2.24, 2.45) is 46.3 Å². The van der Waals surface area contributed by atoms with E-state index in [9.17, 15) is 9.59 Å². The Labute approximate surface area is 225 Å². The Kier molecular flexibility index (Phi) is 8.46. The van der Waals surface area contributed by atoms with Gasteiger partial charge in [0.2, 0.25) is 5.76 Å². The fraction of sp³-hybridized carbons (Fsp3) is 0.758. The van der Waals surface area contributed by atoms with Gasteiger partial charge in [0.05, 0.1) is 0 Å². The topological polar surface area (TPSA) is 52.6 Å². The average molecular weight is 511 g/mol. The van der Waals surface area contributed by atoms with Gasteiger partial charge in [0, 0.05) is 12.5 Å². The van der Waals surface area contributed by atoms with E-state index in [2.05, 4.69) is 53.9 Å². The standard InChI is InChI=1S/C33H50O4/c1-8-30(34)36-23(5)31(35)37-25-16-18-32(6)24(20-25)12-13-26-28-15-14-27(22(4)11-9-10-21(2)3)33(28,7)19-17-29(26)32/h8,12,21-22,25-29H,1,5,9-11,13-20H2,2-4,6-7H3/t22?,25-,26?,27?,28?,29?,32-,33+/m0/s1. The van der Waals surface area contributed by atoms with Gasteiger partial charge >= 0.3 is 11.9 Å². The van der Waals surface area contributed by atoms with Gasteiger partial charge in [-0.05, 0) is 97.9 Å². The summed E-state index contributed by atoms with van der Waals surface area (Å²) in [6, 6.07) is 0. The highest BCUT2D eigenvalue weighted by Gasteiger charge is 2.59. The zero-order valence-corrected chi connectivity index (χ0v) is 24.0. The molecule has 4 rings (SSSR count). The van der Waals surface area contributed by atoms with Crippen molar-refractivity contribution in [3.63, 3.8) is 0 Å². The molecule has 0 bridgehead atoms. The second kappa shape index (κ2) is 11.1. The molecule has 0 aliphatic heterocycles. The average Bonchev–Trinajstić information content (AvgIpc) is 3.21. The first-order valence-corrected chi connectivity index (χ1v) is 14.9. The van der Waals surface area contributed by atoms with Gasteiger partial charge in [-0.3, -0.25) is 0 Å². The molecule has 37 heavy (non-hydrogen) atoms. The highest BCUT2D eigenvalue weighted by atomic mass is 16.6. The summed E-state index contributed by atoms with van der Waals surface area (Å²) in [6.45, 7) is 19.3. The van der Waals surface area contributed by atoms with Crippen LogP contribution in [0.4, 0.5) is 0 Å². The fourth-order valence-electron chi connectivity index (χ4n) is 9.17. The minimum Gasteiger partial charge on any atom is -0.456 e. The molecular formula is C33H50O4. The number of esters is 2. The number of allylic oxidation sites excluding steroid dienone is 1. The number of hydrogen-bond donors (Lipinski definition) is 0. The third-order valence-electron chi connectivity index (χ3n) is 11.2. The third kappa shape index (κ3) is 5.50. The van der Waals surface area contributed by atoms with Crippen LogP contribution >= 0.6 is 0 Å². The molecule has 4 heteroatoms. The molecule has 4 aliphatic carbocycles. The molecular weight excluding hydrogens is 460 g/mol. The lowest BCUT2D eigenvalue weighted by molar-refractivity contribution is -0.154. The van der Waals surface area contributed by atoms with E-state index in [1.54, 1.807) is 0 Å². The molecule has 4 aliphatic rings. The Bertz CT molecular complexity index is 931. The summed E-state index contributed by atoms with van der Waals surface area (Å²) in [5, 5.41) is 0. The first kappa shape index (κ1) is 28.2. The molecule has 0 N–H and O–H groups in total. The molecule has 0 heterocycles. The SMILES string of the molecule is C=CC(=O)OC(=C)C(=O)O[C@H]1CC[C@@]2(C)C(=CCC3C4CCC(C(C)CCCC(C)C)[C@@]4(C)CCC32)C1. The Morgan fingerprint density at radius 1 is 1.08 bits per heavy atom. The molecule has 0 aromatic carbocycles. The van der Waals surface area contributed by atoms with E-state index in [1.807, 2.05) is 0 Å². The Morgan fingerprint density at radius 2 is 1.84 bits per heavy atom. The summed E-state index contributed by atoms with van der Waals surface area (Å²) in [5.74, 6) is 3.29. The highest BCUT2D eigenvalue weighted by molar-refractivity contribution is 5.91. The number of ether oxygens (including phenoxy) is 2. The van der Waals surface area contributed by atoms with E-state index in [0.717, 1.165) is 60.8 Å². The van der Waals surface area contributed by atoms with Gasteiger partial charge in [-0.1, -0.05) is 72.1 Å². The van der Waals surface area contributed by atoms with E-state index < -0.39 is 11.9 Å². The van der Waals surface area contributed by atoms with Gasteiger partial charge in [-0.25, -0.2) is 9.59 Å². The van der Waals surface area contributed by atoms with Crippen LogP contribution in [0.3, 0.4) is 0 Å². The molecule has 0 aromatic rings. The monoisotopic (exact) mass is 510 g/mol. The van der Waals surface area contributed by atoms with Gasteiger partial charge < -0.3 is 9.47 Å². The van der Waals surface area contributed by atoms with E-state index in [-0.39, 0.29) is 17.3 Å². The Balaban J connectivity index is 1.40. The van der Waals surface area contributed by atoms with Gasteiger partial charge in [0.15, 0.2) is 0 Å². The first-order valence-electron chi connectivity index (χ1n) is 14.9. The summed E-state index contributed by atoms with van der Waals surface area (Å²) in [4.78, 5) is 23.8. The summed E-state index contributed by atoms with van der Waals surface area (Å²) >= 11 is 0. The Morgan fingerprint density at radius 3 is 2.54 bits per heavy atom. The van der Waals surface area contributed by atoms with Crippen LogP contribution in [0.5, 0.6) is 0 Å². The van der Waals surface area contributed by atoms with Crippen molar-refractivity contribution < 1.29 is 19.1 Å². The molecule has 3 saturated carbocycles. The summed E-state index contributed by atoms with van der Waals surface area (Å²) in [7, 11) is 0. The van der Waals surface area contributed by atoms with Crippen LogP contribution in [-0.2, 0) is 19.1 Å². The van der Waals surface area contributed by atoms with Crippen molar-refractivity contribution >= 4 is 11.9 Å². The van der Waals surface area contributed by atoms with Crippen LogP contribution in [-0.4, -0.2) is 18.0 Å². The highest BCUT2D eigenvalue weighted by Crippen LogP contribution is 2.67. The van der Waals surface area contributed by atoms with Gasteiger partial charge in [0.1, 0.15) is 6.10 Å². The molecule has 5 unspecified atom stereocenters. The molecule has 3 fully saturated rings. The Hall–Kier alpha value is -1.84. The van der Waals surface area contributed by atoms with Crippen LogP contribution in [0.15, 0.2) is 36.6 Å². The minimum atomic E-state index is -0.692. The van der Waals surface area contributed by atoms with Crippen LogP contribution in [0.25, 0.3) is 0 Å². The maximum Gasteiger partial charge on any atom is 0.374 e. The van der Waals surface area contributed by atoms with Crippen LogP contribution in [0.1, 0.15) is 105 Å². The zero-order valence-electron chi connectivity index (χ0n) is 24.0. The van der Waals surface area contributed by atoms with Crippen molar-refractivity contribution in [2.45, 2.75) is 111 Å². The lowest BCUT2D eigenvalue weighted by Crippen LogP contribution is -2.51. The van der Waals surface area contributed by atoms with E-state index in [0.29, 0.717) is 5.41 Å². The predicted molar refractivity (Wildman–Crippen MR) is 148 cm³/mol. The molecule has 4 nitrogen and oxygen atoms in total. The molecule has 0 saturated heterocycles. The van der Waals surface area contributed by atoms with Crippen molar-refractivity contribution in [2.75, 3.05) is 0 Å². The first-order chi connectivity index (χ1) is 17.5. The van der Waals surface area contributed by atoms with Crippen LogP contribution in [0, 0.1) is 46.3 Å². The lowest BCUT2D eigenvalue weighted by atomic mass is 9.47. The maximum atomic E-state index is 12.4. The summed E-state index contributed by atoms with van der Waals surface area (Å²) in [6.07, 6.45) is 16.9. The number of carbonyl (C=O) groups excluding carboxylic acids is 2. The zero-order chi connectivity index (χ0) is 27.0. The molecule has 0 amide bonds. The van der Waals surface area contributed by atoms with E-state index >= 15 is 0 Å². The predicted octanol–water partition coefficient (Wildman–Crippen LogP) is 8.18. The van der Waals surface area contributed by atoms with Gasteiger partial charge in [0.25, 0.3) is 0 Å². The lowest BCUT2D eigenvalue weighted by Gasteiger charge is -2.58. The smallest absolute Gasteiger partial charge is 0.374 e. The maximum absolute atomic E-state index is 12.4. The summed E-state index contributed by atoms with van der Waals surface area (Å²) in [5.41, 5.74) is 2.18. The van der Waals surface area contributed by atoms with Crippen molar-refractivity contribution in [3.8, 4) is 0 Å². The molecule has 206 valence electrons. The van der Waals surface area contributed by atoms with Crippen molar-refractivity contribution in [1.82, 2.24) is 0 Å². The second-order valence-electron chi connectivity index (χ2n) is 13.6. The largest absolute Gasteiger partial charge is 0.456 e. The quantitative estimate of drug-likeness (QED) is 0.136. The van der Waals surface area contributed by atoms with Crippen LogP contribution in [0.2, 0.25) is 0 Å². The molecule has 0 radical (unpaired) electrons. The molecule has 8 atom stereocenters. The number of rotatable bonds is 9. The fourth-order valence-corrected chi connectivity index (χ4v) is 9.17. The van der Waals surface area contributed by atoms with Gasteiger partial charge in [-0.15, -0.1) is 0 Å². The van der Waals surface area contributed by atoms with Crippen LogP contribution < -0.4 is 0 Å². The van der Waals surface area contributed by atoms with Gasteiger partial charge in [-0.2, -0.15) is 0 Å². The van der Waals surface area contributed by atoms with Crippen molar-refractivity contribution in [3.05, 3.63) is 36.6 Å². The van der Waals surface area contributed by atoms with Crippen molar-refractivity contribution in [1.29, 1.82) is 0 Å². The number of hydrogen-bond acceptors (Lipinski definition) is 4. The molecule has 0 spiro atoms. The second-order valence-corrected chi connectivity index (χ2v) is 13.6. The summed E-state index contributed by atoms with van der Waals surface area (Å²) < 4.78 is 10.6. The number of fused-ring (bicyclic) bond motifs is 5. The molecule has 0 aromatic heterocycles. The van der Waals surface area contributed by atoms with E-state index in [4.69, 9.17) is 9.47 Å². The normalized spacial score (nSPS) is 37.5.